The molecule has 0 spiro atoms. The average molecular weight is 197 g/mol. The smallest absolute Gasteiger partial charge is 0.136 e. The predicted molar refractivity (Wildman–Crippen MR) is 51.6 cm³/mol. The Labute approximate surface area is 83.1 Å². The number of rotatable bonds is 0. The Balaban J connectivity index is 1.98. The van der Waals surface area contributed by atoms with Crippen molar-refractivity contribution in [3.63, 3.8) is 0 Å². The molecule has 3 aliphatic carbocycles. The van der Waals surface area contributed by atoms with Gasteiger partial charge in [0.05, 0.1) is 0 Å². The van der Waals surface area contributed by atoms with Crippen molar-refractivity contribution in [3.8, 4) is 0 Å². The SMILES string of the molecule is O=C1CCC(Cl)C2C3C=CC(C3)C12. The monoisotopic (exact) mass is 196 g/mol. The number of halogens is 1. The van der Waals surface area contributed by atoms with E-state index >= 15 is 0 Å². The lowest BCUT2D eigenvalue weighted by Crippen LogP contribution is -2.38. The van der Waals surface area contributed by atoms with Gasteiger partial charge in [0.25, 0.3) is 0 Å². The Morgan fingerprint density at radius 2 is 2.08 bits per heavy atom. The normalized spacial score (nSPS) is 52.7. The van der Waals surface area contributed by atoms with Gasteiger partial charge in [0.15, 0.2) is 0 Å². The molecule has 2 heteroatoms. The molecule has 2 bridgehead atoms. The van der Waals surface area contributed by atoms with Crippen LogP contribution in [0.25, 0.3) is 0 Å². The Hall–Kier alpha value is -0.300. The first kappa shape index (κ1) is 8.05. The van der Waals surface area contributed by atoms with Gasteiger partial charge in [-0.05, 0) is 30.6 Å². The van der Waals surface area contributed by atoms with Crippen molar-refractivity contribution >= 4 is 17.4 Å². The fraction of sp³-hybridized carbons (Fsp3) is 0.727. The molecule has 0 aromatic rings. The van der Waals surface area contributed by atoms with Gasteiger partial charge in [0.2, 0.25) is 0 Å². The second kappa shape index (κ2) is 2.60. The number of carbonyl (C=O) groups is 1. The van der Waals surface area contributed by atoms with E-state index in [1.54, 1.807) is 0 Å². The van der Waals surface area contributed by atoms with E-state index in [9.17, 15) is 4.79 Å². The highest BCUT2D eigenvalue weighted by Gasteiger charge is 2.52. The zero-order chi connectivity index (χ0) is 9.00. The third kappa shape index (κ3) is 0.969. The number of allylic oxidation sites excluding steroid dienone is 2. The lowest BCUT2D eigenvalue weighted by Gasteiger charge is -2.34. The lowest BCUT2D eigenvalue weighted by molar-refractivity contribution is -0.127. The summed E-state index contributed by atoms with van der Waals surface area (Å²) in [6, 6.07) is 0. The van der Waals surface area contributed by atoms with Gasteiger partial charge in [-0.2, -0.15) is 0 Å². The van der Waals surface area contributed by atoms with Crippen LogP contribution in [-0.4, -0.2) is 11.2 Å². The van der Waals surface area contributed by atoms with Crippen LogP contribution < -0.4 is 0 Å². The number of hydrogen-bond acceptors (Lipinski definition) is 1. The summed E-state index contributed by atoms with van der Waals surface area (Å²) in [4.78, 5) is 11.7. The summed E-state index contributed by atoms with van der Waals surface area (Å²) in [5, 5.41) is 0.252. The van der Waals surface area contributed by atoms with E-state index in [4.69, 9.17) is 11.6 Å². The average Bonchev–Trinajstić information content (AvgIpc) is 2.70. The predicted octanol–water partition coefficient (Wildman–Crippen LogP) is 2.40. The molecule has 5 unspecified atom stereocenters. The number of ketones is 1. The highest BCUT2D eigenvalue weighted by atomic mass is 35.5. The first-order valence-electron chi connectivity index (χ1n) is 5.12. The number of alkyl halides is 1. The molecule has 0 amide bonds. The summed E-state index contributed by atoms with van der Waals surface area (Å²) >= 11 is 6.29. The molecule has 2 saturated carbocycles. The maximum Gasteiger partial charge on any atom is 0.136 e. The molecule has 13 heavy (non-hydrogen) atoms. The zero-order valence-electron chi connectivity index (χ0n) is 7.45. The molecule has 0 aromatic carbocycles. The number of carbonyl (C=O) groups excluding carboxylic acids is 1. The fourth-order valence-corrected chi connectivity index (χ4v) is 3.90. The van der Waals surface area contributed by atoms with Crippen LogP contribution in [0.3, 0.4) is 0 Å². The Morgan fingerprint density at radius 3 is 2.85 bits per heavy atom. The second-order valence-electron chi connectivity index (χ2n) is 4.57. The molecule has 0 saturated heterocycles. The molecule has 0 N–H and O–H groups in total. The summed E-state index contributed by atoms with van der Waals surface area (Å²) in [6.07, 6.45) is 7.31. The minimum Gasteiger partial charge on any atom is -0.299 e. The molecule has 0 heterocycles. The third-order valence-corrected chi connectivity index (χ3v) is 4.49. The van der Waals surface area contributed by atoms with Gasteiger partial charge < -0.3 is 0 Å². The van der Waals surface area contributed by atoms with E-state index in [2.05, 4.69) is 12.2 Å². The highest BCUT2D eigenvalue weighted by Crippen LogP contribution is 2.53. The number of Topliss-reactive ketones (excluding diaryl/α,β-unsaturated/α-hetero) is 1. The molecule has 0 aliphatic heterocycles. The standard InChI is InChI=1S/C11H13ClO/c12-8-3-4-9(13)11-7-2-1-6(5-7)10(8)11/h1-2,6-8,10-11H,3-5H2. The summed E-state index contributed by atoms with van der Waals surface area (Å²) in [6.45, 7) is 0. The number of fused-ring (bicyclic) bond motifs is 5. The Bertz CT molecular complexity index is 284. The zero-order valence-corrected chi connectivity index (χ0v) is 8.20. The van der Waals surface area contributed by atoms with Crippen LogP contribution in [-0.2, 0) is 4.79 Å². The molecule has 3 aliphatic rings. The third-order valence-electron chi connectivity index (χ3n) is 3.98. The van der Waals surface area contributed by atoms with Crippen molar-refractivity contribution in [1.29, 1.82) is 0 Å². The van der Waals surface area contributed by atoms with Gasteiger partial charge in [0, 0.05) is 17.7 Å². The molecule has 0 aromatic heterocycles. The summed E-state index contributed by atoms with van der Waals surface area (Å²) in [5.74, 6) is 2.37. The minimum atomic E-state index is 0.252. The van der Waals surface area contributed by atoms with Crippen molar-refractivity contribution in [2.45, 2.75) is 24.6 Å². The van der Waals surface area contributed by atoms with Crippen LogP contribution in [0.15, 0.2) is 12.2 Å². The molecule has 1 nitrogen and oxygen atoms in total. The largest absolute Gasteiger partial charge is 0.299 e. The molecule has 5 atom stereocenters. The van der Waals surface area contributed by atoms with Crippen molar-refractivity contribution in [1.82, 2.24) is 0 Å². The van der Waals surface area contributed by atoms with Crippen LogP contribution in [0, 0.1) is 23.7 Å². The second-order valence-corrected chi connectivity index (χ2v) is 5.13. The lowest BCUT2D eigenvalue weighted by atomic mass is 9.72. The van der Waals surface area contributed by atoms with Crippen molar-refractivity contribution in [3.05, 3.63) is 12.2 Å². The molecular weight excluding hydrogens is 184 g/mol. The van der Waals surface area contributed by atoms with Crippen LogP contribution in [0.5, 0.6) is 0 Å². The minimum absolute atomic E-state index is 0.252. The van der Waals surface area contributed by atoms with Crippen LogP contribution in [0.4, 0.5) is 0 Å². The van der Waals surface area contributed by atoms with Crippen molar-refractivity contribution in [2.24, 2.45) is 23.7 Å². The molecule has 3 rings (SSSR count). The maximum atomic E-state index is 11.7. The summed E-state index contributed by atoms with van der Waals surface area (Å²) < 4.78 is 0. The van der Waals surface area contributed by atoms with Crippen LogP contribution in [0.2, 0.25) is 0 Å². The fourth-order valence-electron chi connectivity index (χ4n) is 3.45. The first-order chi connectivity index (χ1) is 6.27. The van der Waals surface area contributed by atoms with Crippen molar-refractivity contribution < 1.29 is 4.79 Å². The summed E-state index contributed by atoms with van der Waals surface area (Å²) in [7, 11) is 0. The topological polar surface area (TPSA) is 17.1 Å². The quantitative estimate of drug-likeness (QED) is 0.430. The highest BCUT2D eigenvalue weighted by molar-refractivity contribution is 6.21. The van der Waals surface area contributed by atoms with Gasteiger partial charge in [0.1, 0.15) is 5.78 Å². The molecule has 2 fully saturated rings. The molecular formula is C11H13ClO. The van der Waals surface area contributed by atoms with E-state index in [0.717, 1.165) is 6.42 Å². The van der Waals surface area contributed by atoms with Gasteiger partial charge in [-0.3, -0.25) is 4.79 Å². The van der Waals surface area contributed by atoms with Crippen LogP contribution >= 0.6 is 11.6 Å². The van der Waals surface area contributed by atoms with Crippen LogP contribution in [0.1, 0.15) is 19.3 Å². The van der Waals surface area contributed by atoms with Gasteiger partial charge in [-0.1, -0.05) is 12.2 Å². The molecule has 70 valence electrons. The summed E-state index contributed by atoms with van der Waals surface area (Å²) in [5.41, 5.74) is 0. The van der Waals surface area contributed by atoms with E-state index in [1.165, 1.54) is 6.42 Å². The van der Waals surface area contributed by atoms with Gasteiger partial charge in [-0.25, -0.2) is 0 Å². The van der Waals surface area contributed by atoms with E-state index in [-0.39, 0.29) is 11.3 Å². The van der Waals surface area contributed by atoms with Gasteiger partial charge >= 0.3 is 0 Å². The first-order valence-corrected chi connectivity index (χ1v) is 5.56. The van der Waals surface area contributed by atoms with Crippen molar-refractivity contribution in [2.75, 3.05) is 0 Å². The Kier molecular flexibility index (Phi) is 1.61. The van der Waals surface area contributed by atoms with E-state index < -0.39 is 0 Å². The van der Waals surface area contributed by atoms with Gasteiger partial charge in [-0.15, -0.1) is 11.6 Å². The molecule has 0 radical (unpaired) electrons. The van der Waals surface area contributed by atoms with E-state index in [1.807, 2.05) is 0 Å². The maximum absolute atomic E-state index is 11.7. The number of hydrogen-bond donors (Lipinski definition) is 0. The van der Waals surface area contributed by atoms with E-state index in [0.29, 0.717) is 30.0 Å². The Morgan fingerprint density at radius 1 is 1.31 bits per heavy atom.